The van der Waals surface area contributed by atoms with Crippen molar-refractivity contribution < 1.29 is 14.7 Å². The van der Waals surface area contributed by atoms with Gasteiger partial charge in [-0.3, -0.25) is 9.59 Å². The average molecular weight is 295 g/mol. The summed E-state index contributed by atoms with van der Waals surface area (Å²) in [5.41, 5.74) is 2.92. The molecule has 5 heteroatoms. The summed E-state index contributed by atoms with van der Waals surface area (Å²) in [6.07, 6.45) is 0. The first-order valence-corrected chi connectivity index (χ1v) is 7.57. The molecule has 0 aliphatic rings. The van der Waals surface area contributed by atoms with Gasteiger partial charge in [-0.05, 0) is 31.4 Å². The van der Waals surface area contributed by atoms with Crippen LogP contribution in [0.5, 0.6) is 0 Å². The van der Waals surface area contributed by atoms with Crippen LogP contribution in [0.25, 0.3) is 0 Å². The van der Waals surface area contributed by atoms with E-state index in [9.17, 15) is 9.59 Å². The van der Waals surface area contributed by atoms with E-state index in [1.54, 1.807) is 0 Å². The number of anilines is 1. The van der Waals surface area contributed by atoms with E-state index in [2.05, 4.69) is 5.32 Å². The Morgan fingerprint density at radius 1 is 1.30 bits per heavy atom. The van der Waals surface area contributed by atoms with Crippen molar-refractivity contribution in [2.75, 3.05) is 11.1 Å². The van der Waals surface area contributed by atoms with Gasteiger partial charge in [0.1, 0.15) is 5.25 Å². The van der Waals surface area contributed by atoms with E-state index in [0.29, 0.717) is 0 Å². The molecular formula is C15H21NO3S. The third-order valence-corrected chi connectivity index (χ3v) is 4.43. The predicted molar refractivity (Wildman–Crippen MR) is 83.3 cm³/mol. The topological polar surface area (TPSA) is 66.4 Å². The van der Waals surface area contributed by atoms with Gasteiger partial charge in [0.05, 0.1) is 5.75 Å². The number of carbonyl (C=O) groups excluding carboxylic acids is 1. The van der Waals surface area contributed by atoms with Gasteiger partial charge in [0, 0.05) is 5.69 Å². The minimum absolute atomic E-state index is 0.00795. The van der Waals surface area contributed by atoms with Crippen LogP contribution in [-0.2, 0) is 9.59 Å². The van der Waals surface area contributed by atoms with Crippen molar-refractivity contribution in [2.24, 2.45) is 5.92 Å². The van der Waals surface area contributed by atoms with Crippen LogP contribution in [0.1, 0.15) is 25.0 Å². The molecule has 0 saturated carbocycles. The summed E-state index contributed by atoms with van der Waals surface area (Å²) in [5, 5.41) is 11.3. The van der Waals surface area contributed by atoms with Gasteiger partial charge >= 0.3 is 5.97 Å². The highest BCUT2D eigenvalue weighted by Gasteiger charge is 2.22. The van der Waals surface area contributed by atoms with Crippen LogP contribution < -0.4 is 5.32 Å². The number of aryl methyl sites for hydroxylation is 2. The standard InChI is InChI=1S/C15H21NO3S/c1-9(2)14(15(18)19)20-8-13(17)16-12-6-5-10(3)7-11(12)4/h5-7,9,14H,8H2,1-4H3,(H,16,17)(H,18,19). The number of thioether (sulfide) groups is 1. The number of hydrogen-bond acceptors (Lipinski definition) is 3. The molecule has 4 nitrogen and oxygen atoms in total. The van der Waals surface area contributed by atoms with E-state index in [1.807, 2.05) is 45.9 Å². The van der Waals surface area contributed by atoms with Crippen LogP contribution in [0, 0.1) is 19.8 Å². The molecule has 20 heavy (non-hydrogen) atoms. The van der Waals surface area contributed by atoms with Gasteiger partial charge in [-0.25, -0.2) is 0 Å². The first-order chi connectivity index (χ1) is 9.31. The van der Waals surface area contributed by atoms with Crippen LogP contribution in [-0.4, -0.2) is 28.0 Å². The average Bonchev–Trinajstić information content (AvgIpc) is 2.32. The van der Waals surface area contributed by atoms with E-state index < -0.39 is 11.2 Å². The van der Waals surface area contributed by atoms with Crippen LogP contribution >= 0.6 is 11.8 Å². The lowest BCUT2D eigenvalue weighted by molar-refractivity contribution is -0.137. The fourth-order valence-electron chi connectivity index (χ4n) is 1.85. The minimum Gasteiger partial charge on any atom is -0.480 e. The smallest absolute Gasteiger partial charge is 0.316 e. The Morgan fingerprint density at radius 3 is 2.45 bits per heavy atom. The van der Waals surface area contributed by atoms with Crippen LogP contribution in [0.15, 0.2) is 18.2 Å². The number of amides is 1. The normalized spacial score (nSPS) is 12.2. The number of aliphatic carboxylic acids is 1. The molecule has 2 N–H and O–H groups in total. The van der Waals surface area contributed by atoms with E-state index in [-0.39, 0.29) is 17.6 Å². The van der Waals surface area contributed by atoms with E-state index >= 15 is 0 Å². The van der Waals surface area contributed by atoms with Gasteiger partial charge in [-0.2, -0.15) is 0 Å². The lowest BCUT2D eigenvalue weighted by atomic mass is 10.1. The molecule has 1 atom stereocenters. The maximum absolute atomic E-state index is 11.9. The predicted octanol–water partition coefficient (Wildman–Crippen LogP) is 3.08. The summed E-state index contributed by atoms with van der Waals surface area (Å²) in [4.78, 5) is 22.9. The monoisotopic (exact) mass is 295 g/mol. The van der Waals surface area contributed by atoms with Gasteiger partial charge < -0.3 is 10.4 Å². The maximum atomic E-state index is 11.9. The summed E-state index contributed by atoms with van der Waals surface area (Å²) < 4.78 is 0. The second-order valence-corrected chi connectivity index (χ2v) is 6.31. The molecular weight excluding hydrogens is 274 g/mol. The van der Waals surface area contributed by atoms with Gasteiger partial charge in [0.2, 0.25) is 5.91 Å². The molecule has 1 aromatic rings. The van der Waals surface area contributed by atoms with Gasteiger partial charge in [0.15, 0.2) is 0 Å². The zero-order valence-electron chi connectivity index (χ0n) is 12.3. The fraction of sp³-hybridized carbons (Fsp3) is 0.467. The molecule has 1 aromatic carbocycles. The summed E-state index contributed by atoms with van der Waals surface area (Å²) in [6.45, 7) is 7.61. The van der Waals surface area contributed by atoms with Crippen molar-refractivity contribution in [1.82, 2.24) is 0 Å². The number of carbonyl (C=O) groups is 2. The van der Waals surface area contributed by atoms with Gasteiger partial charge in [-0.1, -0.05) is 31.5 Å². The van der Waals surface area contributed by atoms with Crippen molar-refractivity contribution in [3.63, 3.8) is 0 Å². The second kappa shape index (κ2) is 7.33. The molecule has 0 fully saturated rings. The molecule has 0 bridgehead atoms. The molecule has 110 valence electrons. The first kappa shape index (κ1) is 16.6. The number of nitrogens with one attached hydrogen (secondary N) is 1. The van der Waals surface area contributed by atoms with E-state index in [4.69, 9.17) is 5.11 Å². The maximum Gasteiger partial charge on any atom is 0.316 e. The second-order valence-electron chi connectivity index (χ2n) is 5.18. The molecule has 1 unspecified atom stereocenters. The van der Waals surface area contributed by atoms with Crippen molar-refractivity contribution >= 4 is 29.3 Å². The number of carboxylic acids is 1. The van der Waals surface area contributed by atoms with Crippen LogP contribution in [0.2, 0.25) is 0 Å². The zero-order valence-corrected chi connectivity index (χ0v) is 13.1. The highest BCUT2D eigenvalue weighted by Crippen LogP contribution is 2.21. The lowest BCUT2D eigenvalue weighted by Gasteiger charge is -2.15. The molecule has 0 radical (unpaired) electrons. The molecule has 0 heterocycles. The minimum atomic E-state index is -0.871. The molecule has 0 saturated heterocycles. The summed E-state index contributed by atoms with van der Waals surface area (Å²) in [5.74, 6) is -0.910. The number of benzene rings is 1. The quantitative estimate of drug-likeness (QED) is 0.846. The van der Waals surface area contributed by atoms with Gasteiger partial charge in [-0.15, -0.1) is 11.8 Å². The van der Waals surface area contributed by atoms with Gasteiger partial charge in [0.25, 0.3) is 0 Å². The zero-order chi connectivity index (χ0) is 15.3. The Hall–Kier alpha value is -1.49. The third-order valence-electron chi connectivity index (χ3n) is 2.90. The Morgan fingerprint density at radius 2 is 1.95 bits per heavy atom. The van der Waals surface area contributed by atoms with Crippen molar-refractivity contribution in [3.8, 4) is 0 Å². The summed E-state index contributed by atoms with van der Waals surface area (Å²) in [6, 6.07) is 5.80. The van der Waals surface area contributed by atoms with Crippen molar-refractivity contribution in [3.05, 3.63) is 29.3 Å². The SMILES string of the molecule is Cc1ccc(NC(=O)CSC(C(=O)O)C(C)C)c(C)c1. The Kier molecular flexibility index (Phi) is 6.07. The Labute approximate surface area is 124 Å². The molecule has 0 spiro atoms. The molecule has 0 aliphatic heterocycles. The van der Waals surface area contributed by atoms with E-state index in [0.717, 1.165) is 28.6 Å². The van der Waals surface area contributed by atoms with Crippen molar-refractivity contribution in [1.29, 1.82) is 0 Å². The Bertz CT molecular complexity index is 500. The fourth-order valence-corrected chi connectivity index (χ4v) is 2.79. The Balaban J connectivity index is 2.57. The van der Waals surface area contributed by atoms with E-state index in [1.165, 1.54) is 0 Å². The summed E-state index contributed by atoms with van der Waals surface area (Å²) in [7, 11) is 0. The van der Waals surface area contributed by atoms with Crippen LogP contribution in [0.4, 0.5) is 5.69 Å². The molecule has 1 amide bonds. The number of carboxylic acid groups (broad SMARTS) is 1. The summed E-state index contributed by atoms with van der Waals surface area (Å²) >= 11 is 1.16. The molecule has 0 aromatic heterocycles. The largest absolute Gasteiger partial charge is 0.480 e. The highest BCUT2D eigenvalue weighted by atomic mass is 32.2. The lowest BCUT2D eigenvalue weighted by Crippen LogP contribution is -2.25. The molecule has 0 aliphatic carbocycles. The highest BCUT2D eigenvalue weighted by molar-refractivity contribution is 8.01. The van der Waals surface area contributed by atoms with Crippen molar-refractivity contribution in [2.45, 2.75) is 32.9 Å². The molecule has 1 rings (SSSR count). The number of hydrogen-bond donors (Lipinski definition) is 2. The number of rotatable bonds is 6. The first-order valence-electron chi connectivity index (χ1n) is 6.52. The third kappa shape index (κ3) is 4.89. The van der Waals surface area contributed by atoms with Crippen LogP contribution in [0.3, 0.4) is 0 Å².